The van der Waals surface area contributed by atoms with Gasteiger partial charge in [0.2, 0.25) is 11.8 Å². The van der Waals surface area contributed by atoms with Crippen molar-refractivity contribution in [3.05, 3.63) is 46.8 Å². The molecule has 0 spiro atoms. The van der Waals surface area contributed by atoms with Gasteiger partial charge in [0.25, 0.3) is 5.91 Å². The fourth-order valence-corrected chi connectivity index (χ4v) is 3.25. The molecule has 1 aliphatic heterocycles. The van der Waals surface area contributed by atoms with Gasteiger partial charge in [0.1, 0.15) is 10.3 Å². The number of hydrogen-bond acceptors (Lipinski definition) is 5. The van der Waals surface area contributed by atoms with E-state index in [-0.39, 0.29) is 17.7 Å². The molecule has 3 rings (SSSR count). The van der Waals surface area contributed by atoms with Crippen LogP contribution >= 0.6 is 15.9 Å². The van der Waals surface area contributed by atoms with Crippen LogP contribution in [0, 0.1) is 5.92 Å². The molecule has 0 radical (unpaired) electrons. The number of carbonyl (C=O) groups is 2. The Kier molecular flexibility index (Phi) is 5.82. The number of halogens is 1. The van der Waals surface area contributed by atoms with Crippen LogP contribution in [-0.4, -0.2) is 46.9 Å². The molecule has 2 aromatic heterocycles. The second-order valence-electron chi connectivity index (χ2n) is 6.01. The van der Waals surface area contributed by atoms with Crippen molar-refractivity contribution >= 4 is 33.4 Å². The third-order valence-corrected chi connectivity index (χ3v) is 4.73. The lowest BCUT2D eigenvalue weighted by Gasteiger charge is -2.32. The molecular weight excluding hydrogens is 400 g/mol. The fourth-order valence-electron chi connectivity index (χ4n) is 2.96. The van der Waals surface area contributed by atoms with E-state index in [0.717, 1.165) is 12.8 Å². The summed E-state index contributed by atoms with van der Waals surface area (Å²) >= 11 is 3.27. The minimum atomic E-state index is -0.275. The third kappa shape index (κ3) is 4.19. The minimum Gasteiger partial charge on any atom is -0.479 e. The molecule has 0 bridgehead atoms. The molecule has 2 aromatic rings. The molecule has 1 N–H and O–H groups in total. The Balaban J connectivity index is 1.68. The first-order chi connectivity index (χ1) is 12.6. The number of methoxy groups -OCH3 is 1. The van der Waals surface area contributed by atoms with Crippen molar-refractivity contribution in [3.63, 3.8) is 0 Å². The van der Waals surface area contributed by atoms with Gasteiger partial charge in [0.15, 0.2) is 0 Å². The molecule has 0 aliphatic carbocycles. The predicted molar refractivity (Wildman–Crippen MR) is 100.0 cm³/mol. The van der Waals surface area contributed by atoms with Gasteiger partial charge in [0.05, 0.1) is 13.0 Å². The van der Waals surface area contributed by atoms with Crippen LogP contribution in [0.25, 0.3) is 0 Å². The Labute approximate surface area is 159 Å². The molecule has 0 saturated carbocycles. The predicted octanol–water partition coefficient (Wildman–Crippen LogP) is 2.74. The highest BCUT2D eigenvalue weighted by molar-refractivity contribution is 9.10. The first-order valence-corrected chi connectivity index (χ1v) is 9.08. The fraction of sp³-hybridized carbons (Fsp3) is 0.333. The SMILES string of the molecule is COc1nc(Br)ccc1NC(=O)C1CCCN(C(=O)c2ccncc2)C1. The molecular formula is C18H19BrN4O3. The third-order valence-electron chi connectivity index (χ3n) is 4.28. The van der Waals surface area contributed by atoms with E-state index in [2.05, 4.69) is 31.2 Å². The Morgan fingerprint density at radius 1 is 1.27 bits per heavy atom. The van der Waals surface area contributed by atoms with E-state index in [1.807, 2.05) is 0 Å². The summed E-state index contributed by atoms with van der Waals surface area (Å²) in [5, 5.41) is 2.86. The zero-order valence-electron chi connectivity index (χ0n) is 14.3. The average molecular weight is 419 g/mol. The Morgan fingerprint density at radius 2 is 2.04 bits per heavy atom. The van der Waals surface area contributed by atoms with Crippen molar-refractivity contribution in [2.45, 2.75) is 12.8 Å². The van der Waals surface area contributed by atoms with Crippen LogP contribution in [0.4, 0.5) is 5.69 Å². The monoisotopic (exact) mass is 418 g/mol. The van der Waals surface area contributed by atoms with Crippen molar-refractivity contribution < 1.29 is 14.3 Å². The topological polar surface area (TPSA) is 84.4 Å². The molecule has 2 amide bonds. The number of ether oxygens (including phenoxy) is 1. The number of nitrogens with zero attached hydrogens (tertiary/aromatic N) is 3. The van der Waals surface area contributed by atoms with E-state index in [4.69, 9.17) is 4.74 Å². The number of likely N-dealkylation sites (tertiary alicyclic amines) is 1. The largest absolute Gasteiger partial charge is 0.479 e. The number of piperidine rings is 1. The highest BCUT2D eigenvalue weighted by atomic mass is 79.9. The lowest BCUT2D eigenvalue weighted by molar-refractivity contribution is -0.121. The molecule has 136 valence electrons. The summed E-state index contributed by atoms with van der Waals surface area (Å²) in [4.78, 5) is 35.1. The van der Waals surface area contributed by atoms with E-state index in [1.165, 1.54) is 7.11 Å². The van der Waals surface area contributed by atoms with Crippen molar-refractivity contribution in [1.82, 2.24) is 14.9 Å². The number of aromatic nitrogens is 2. The van der Waals surface area contributed by atoms with Gasteiger partial charge in [-0.1, -0.05) is 0 Å². The molecule has 26 heavy (non-hydrogen) atoms. The number of hydrogen-bond donors (Lipinski definition) is 1. The van der Waals surface area contributed by atoms with E-state index < -0.39 is 0 Å². The number of pyridine rings is 2. The van der Waals surface area contributed by atoms with Crippen molar-refractivity contribution in [2.24, 2.45) is 5.92 Å². The van der Waals surface area contributed by atoms with Crippen LogP contribution in [0.15, 0.2) is 41.3 Å². The van der Waals surface area contributed by atoms with Crippen LogP contribution < -0.4 is 10.1 Å². The summed E-state index contributed by atoms with van der Waals surface area (Å²) in [7, 11) is 1.50. The summed E-state index contributed by atoms with van der Waals surface area (Å²) < 4.78 is 5.83. The standard InChI is InChI=1S/C18H19BrN4O3/c1-26-17-14(4-5-15(19)22-17)21-16(24)13-3-2-10-23(11-13)18(25)12-6-8-20-9-7-12/h4-9,13H,2-3,10-11H2,1H3,(H,21,24). The first-order valence-electron chi connectivity index (χ1n) is 8.29. The van der Waals surface area contributed by atoms with Gasteiger partial charge in [-0.3, -0.25) is 14.6 Å². The van der Waals surface area contributed by atoms with Gasteiger partial charge < -0.3 is 15.0 Å². The number of carbonyl (C=O) groups excluding carboxylic acids is 2. The molecule has 1 aliphatic rings. The minimum absolute atomic E-state index is 0.0761. The summed E-state index contributed by atoms with van der Waals surface area (Å²) in [6, 6.07) is 6.84. The quantitative estimate of drug-likeness (QED) is 0.771. The molecule has 1 unspecified atom stereocenters. The lowest BCUT2D eigenvalue weighted by atomic mass is 9.96. The number of amides is 2. The molecule has 7 nitrogen and oxygen atoms in total. The van der Waals surface area contributed by atoms with Gasteiger partial charge in [-0.25, -0.2) is 4.98 Å². The van der Waals surface area contributed by atoms with Gasteiger partial charge in [-0.2, -0.15) is 0 Å². The summed E-state index contributed by atoms with van der Waals surface area (Å²) in [5.74, 6) is -0.149. The van der Waals surface area contributed by atoms with Gasteiger partial charge >= 0.3 is 0 Å². The number of rotatable bonds is 4. The summed E-state index contributed by atoms with van der Waals surface area (Å²) in [6.07, 6.45) is 4.70. The lowest BCUT2D eigenvalue weighted by Crippen LogP contribution is -2.43. The van der Waals surface area contributed by atoms with E-state index >= 15 is 0 Å². The Bertz CT molecular complexity index is 800. The highest BCUT2D eigenvalue weighted by Crippen LogP contribution is 2.26. The zero-order valence-corrected chi connectivity index (χ0v) is 15.9. The zero-order chi connectivity index (χ0) is 18.5. The van der Waals surface area contributed by atoms with Crippen LogP contribution in [0.3, 0.4) is 0 Å². The molecule has 3 heterocycles. The Morgan fingerprint density at radius 3 is 2.77 bits per heavy atom. The van der Waals surface area contributed by atoms with Gasteiger partial charge in [-0.15, -0.1) is 0 Å². The van der Waals surface area contributed by atoms with Crippen LogP contribution in [0.5, 0.6) is 5.88 Å². The molecule has 1 fully saturated rings. The molecule has 8 heteroatoms. The Hall–Kier alpha value is -2.48. The number of nitrogens with one attached hydrogen (secondary N) is 1. The summed E-state index contributed by atoms with van der Waals surface area (Å²) in [6.45, 7) is 1.04. The second kappa shape index (κ2) is 8.27. The number of anilines is 1. The average Bonchev–Trinajstić information content (AvgIpc) is 2.69. The van der Waals surface area contributed by atoms with Crippen molar-refractivity contribution in [1.29, 1.82) is 0 Å². The maximum atomic E-state index is 12.7. The molecule has 0 aromatic carbocycles. The second-order valence-corrected chi connectivity index (χ2v) is 6.82. The van der Waals surface area contributed by atoms with Crippen molar-refractivity contribution in [3.8, 4) is 5.88 Å². The first kappa shape index (κ1) is 18.3. The van der Waals surface area contributed by atoms with Gasteiger partial charge in [-0.05, 0) is 53.0 Å². The molecule has 1 saturated heterocycles. The van der Waals surface area contributed by atoms with E-state index in [9.17, 15) is 9.59 Å². The smallest absolute Gasteiger partial charge is 0.253 e. The summed E-state index contributed by atoms with van der Waals surface area (Å²) in [5.41, 5.74) is 1.10. The van der Waals surface area contributed by atoms with E-state index in [1.54, 1.807) is 41.6 Å². The van der Waals surface area contributed by atoms with Gasteiger partial charge in [0, 0.05) is 31.0 Å². The maximum Gasteiger partial charge on any atom is 0.253 e. The normalized spacial score (nSPS) is 16.8. The molecule has 1 atom stereocenters. The van der Waals surface area contributed by atoms with Crippen LogP contribution in [-0.2, 0) is 4.79 Å². The van der Waals surface area contributed by atoms with Crippen LogP contribution in [0.2, 0.25) is 0 Å². The van der Waals surface area contributed by atoms with Crippen molar-refractivity contribution in [2.75, 3.05) is 25.5 Å². The van der Waals surface area contributed by atoms with Crippen LogP contribution in [0.1, 0.15) is 23.2 Å². The highest BCUT2D eigenvalue weighted by Gasteiger charge is 2.29. The maximum absolute atomic E-state index is 12.7. The van der Waals surface area contributed by atoms with E-state index in [0.29, 0.717) is 34.8 Å².